The van der Waals surface area contributed by atoms with E-state index in [-0.39, 0.29) is 46.8 Å². The highest BCUT2D eigenvalue weighted by molar-refractivity contribution is 5.68. The van der Waals surface area contributed by atoms with Crippen molar-refractivity contribution in [2.24, 2.45) is 34.0 Å². The summed E-state index contributed by atoms with van der Waals surface area (Å²) in [4.78, 5) is 12.3. The molecule has 0 unspecified atom stereocenters. The molecular weight excluding hydrogens is 404 g/mol. The number of aliphatic hydroxyl groups excluding tert-OH is 1. The minimum absolute atomic E-state index is 0.0582. The van der Waals surface area contributed by atoms with Gasteiger partial charge >= 0.3 is 5.97 Å². The van der Waals surface area contributed by atoms with Crippen molar-refractivity contribution in [3.8, 4) is 0 Å². The van der Waals surface area contributed by atoms with Crippen molar-refractivity contribution in [3.05, 3.63) is 24.3 Å². The number of hydrogen-bond acceptors (Lipinski definition) is 5. The highest BCUT2D eigenvalue weighted by Gasteiger charge is 2.78. The van der Waals surface area contributed by atoms with E-state index in [0.29, 0.717) is 19.4 Å². The van der Waals surface area contributed by atoms with Gasteiger partial charge in [-0.05, 0) is 62.0 Å². The van der Waals surface area contributed by atoms with Gasteiger partial charge in [-0.25, -0.2) is 0 Å². The van der Waals surface area contributed by atoms with E-state index in [0.717, 1.165) is 36.8 Å². The molecule has 2 bridgehead atoms. The molecule has 0 aromatic heterocycles. The third-order valence-electron chi connectivity index (χ3n) is 9.92. The average Bonchev–Trinajstić information content (AvgIpc) is 2.84. The molecule has 8 atom stereocenters. The van der Waals surface area contributed by atoms with E-state index >= 15 is 0 Å². The zero-order valence-electron chi connectivity index (χ0n) is 20.4. The fourth-order valence-corrected chi connectivity index (χ4v) is 8.89. The SMILES string of the molecule is C=C1C(=C)[C@@]23[C@@H]4OC(C)(C)O[C@@H]2C[C@@H]2C(C)(C)CCC[C@@]2(COC(=O)CC)[C@@H]3[C@@H](O)C[C@@H]14. The minimum Gasteiger partial charge on any atom is -0.465 e. The van der Waals surface area contributed by atoms with Crippen molar-refractivity contribution in [1.29, 1.82) is 0 Å². The van der Waals surface area contributed by atoms with Gasteiger partial charge in [0.05, 0.1) is 30.3 Å². The van der Waals surface area contributed by atoms with Crippen molar-refractivity contribution >= 4 is 5.97 Å². The second-order valence-corrected chi connectivity index (χ2v) is 12.2. The van der Waals surface area contributed by atoms with E-state index in [9.17, 15) is 9.90 Å². The fourth-order valence-electron chi connectivity index (χ4n) is 8.89. The van der Waals surface area contributed by atoms with E-state index in [1.807, 2.05) is 20.8 Å². The van der Waals surface area contributed by atoms with Crippen molar-refractivity contribution in [1.82, 2.24) is 0 Å². The summed E-state index contributed by atoms with van der Waals surface area (Å²) < 4.78 is 19.3. The summed E-state index contributed by atoms with van der Waals surface area (Å²) >= 11 is 0. The fraction of sp³-hybridized carbons (Fsp3) is 0.815. The van der Waals surface area contributed by atoms with Gasteiger partial charge in [-0.3, -0.25) is 4.79 Å². The Bertz CT molecular complexity index is 858. The highest BCUT2D eigenvalue weighted by atomic mass is 16.7. The number of aliphatic hydroxyl groups is 1. The molecule has 1 heterocycles. The van der Waals surface area contributed by atoms with E-state index in [4.69, 9.17) is 14.2 Å². The van der Waals surface area contributed by atoms with Gasteiger partial charge in [-0.1, -0.05) is 40.3 Å². The molecule has 5 nitrogen and oxygen atoms in total. The molecule has 5 rings (SSSR count). The second-order valence-electron chi connectivity index (χ2n) is 12.2. The molecule has 5 aliphatic rings. The van der Waals surface area contributed by atoms with Crippen molar-refractivity contribution in [3.63, 3.8) is 0 Å². The Labute approximate surface area is 192 Å². The molecule has 5 heteroatoms. The van der Waals surface area contributed by atoms with Crippen LogP contribution in [0, 0.1) is 34.0 Å². The molecule has 32 heavy (non-hydrogen) atoms. The predicted molar refractivity (Wildman–Crippen MR) is 122 cm³/mol. The van der Waals surface area contributed by atoms with Gasteiger partial charge in [-0.15, -0.1) is 0 Å². The van der Waals surface area contributed by atoms with E-state index in [2.05, 4.69) is 27.0 Å². The first kappa shape index (κ1) is 22.6. The summed E-state index contributed by atoms with van der Waals surface area (Å²) in [7, 11) is 0. The van der Waals surface area contributed by atoms with Crippen LogP contribution in [0.1, 0.15) is 73.1 Å². The Kier molecular flexibility index (Phi) is 4.89. The number of fused-ring (bicyclic) bond motifs is 2. The molecule has 0 aromatic rings. The monoisotopic (exact) mass is 444 g/mol. The lowest BCUT2D eigenvalue weighted by atomic mass is 9.38. The lowest BCUT2D eigenvalue weighted by Gasteiger charge is -2.70. The molecule has 0 amide bonds. The zero-order chi connectivity index (χ0) is 23.3. The molecule has 1 N–H and O–H groups in total. The number of esters is 1. The average molecular weight is 445 g/mol. The molecule has 178 valence electrons. The van der Waals surface area contributed by atoms with Crippen LogP contribution in [-0.4, -0.2) is 41.8 Å². The molecule has 5 fully saturated rings. The van der Waals surface area contributed by atoms with Crippen LogP contribution in [0.15, 0.2) is 24.3 Å². The summed E-state index contributed by atoms with van der Waals surface area (Å²) in [6.07, 6.45) is 4.25. The van der Waals surface area contributed by atoms with Crippen LogP contribution in [0.4, 0.5) is 0 Å². The van der Waals surface area contributed by atoms with Gasteiger partial charge in [0.25, 0.3) is 0 Å². The number of hydrogen-bond donors (Lipinski definition) is 1. The molecule has 1 spiro atoms. The Morgan fingerprint density at radius 2 is 1.88 bits per heavy atom. The summed E-state index contributed by atoms with van der Waals surface area (Å²) in [6, 6.07) is 0. The predicted octanol–water partition coefficient (Wildman–Crippen LogP) is 4.79. The maximum atomic E-state index is 12.3. The molecule has 1 aliphatic heterocycles. The maximum absolute atomic E-state index is 12.3. The van der Waals surface area contributed by atoms with Gasteiger partial charge in [0.1, 0.15) is 0 Å². The molecule has 4 aliphatic carbocycles. The lowest BCUT2D eigenvalue weighted by molar-refractivity contribution is -0.393. The quantitative estimate of drug-likeness (QED) is 0.635. The number of ether oxygens (including phenoxy) is 3. The second kappa shape index (κ2) is 6.93. The largest absolute Gasteiger partial charge is 0.465 e. The van der Waals surface area contributed by atoms with Crippen LogP contribution >= 0.6 is 0 Å². The molecule has 0 aromatic carbocycles. The first-order chi connectivity index (χ1) is 14.9. The Morgan fingerprint density at radius 1 is 1.16 bits per heavy atom. The van der Waals surface area contributed by atoms with E-state index in [1.165, 1.54) is 0 Å². The Morgan fingerprint density at radius 3 is 2.56 bits per heavy atom. The standard InChI is InChI=1S/C27H40O5/c1-8-21(29)30-14-26-11-9-10-24(4,5)19(26)13-20-27-16(3)15(2)17(12-18(28)22(26)27)23(27)32-25(6,7)31-20/h17-20,22-23,28H,2-3,8-14H2,1,4-7H3/t17-,18-,19+,20+,22-,23+,26-,27+/m0/s1. The molecule has 4 saturated carbocycles. The van der Waals surface area contributed by atoms with Crippen LogP contribution in [-0.2, 0) is 19.0 Å². The van der Waals surface area contributed by atoms with Crippen molar-refractivity contribution in [2.75, 3.05) is 6.61 Å². The van der Waals surface area contributed by atoms with E-state index in [1.54, 1.807) is 0 Å². The third kappa shape index (κ3) is 2.71. The molecular formula is C27H40O5. The van der Waals surface area contributed by atoms with Crippen molar-refractivity contribution < 1.29 is 24.1 Å². The van der Waals surface area contributed by atoms with Gasteiger partial charge in [-0.2, -0.15) is 0 Å². The van der Waals surface area contributed by atoms with Gasteiger partial charge in [0.2, 0.25) is 0 Å². The summed E-state index contributed by atoms with van der Waals surface area (Å²) in [5, 5.41) is 11.8. The normalized spacial score (nSPS) is 48.1. The van der Waals surface area contributed by atoms with Gasteiger partial charge in [0, 0.05) is 23.7 Å². The summed E-state index contributed by atoms with van der Waals surface area (Å²) in [5.74, 6) is -0.665. The summed E-state index contributed by atoms with van der Waals surface area (Å²) in [6.45, 7) is 19.8. The minimum atomic E-state index is -0.692. The lowest BCUT2D eigenvalue weighted by Crippen LogP contribution is -2.74. The Hall–Kier alpha value is -1.17. The number of rotatable bonds is 3. The molecule has 1 saturated heterocycles. The van der Waals surface area contributed by atoms with Crippen LogP contribution in [0.25, 0.3) is 0 Å². The van der Waals surface area contributed by atoms with Crippen LogP contribution in [0.3, 0.4) is 0 Å². The number of carbonyl (C=O) groups is 1. The zero-order valence-corrected chi connectivity index (χ0v) is 20.4. The van der Waals surface area contributed by atoms with Crippen LogP contribution in [0.5, 0.6) is 0 Å². The third-order valence-corrected chi connectivity index (χ3v) is 9.92. The van der Waals surface area contributed by atoms with Gasteiger partial charge < -0.3 is 19.3 Å². The van der Waals surface area contributed by atoms with Crippen LogP contribution < -0.4 is 0 Å². The molecule has 0 radical (unpaired) electrons. The Balaban J connectivity index is 1.71. The van der Waals surface area contributed by atoms with Crippen molar-refractivity contribution in [2.45, 2.75) is 97.2 Å². The van der Waals surface area contributed by atoms with Gasteiger partial charge in [0.15, 0.2) is 5.79 Å². The first-order valence-corrected chi connectivity index (χ1v) is 12.5. The number of carbonyl (C=O) groups excluding carboxylic acids is 1. The topological polar surface area (TPSA) is 65.0 Å². The summed E-state index contributed by atoms with van der Waals surface area (Å²) in [5.41, 5.74) is 1.23. The highest BCUT2D eigenvalue weighted by Crippen LogP contribution is 2.75. The maximum Gasteiger partial charge on any atom is 0.305 e. The van der Waals surface area contributed by atoms with Crippen LogP contribution in [0.2, 0.25) is 0 Å². The van der Waals surface area contributed by atoms with E-state index < -0.39 is 17.3 Å². The smallest absolute Gasteiger partial charge is 0.305 e. The first-order valence-electron chi connectivity index (χ1n) is 12.5.